The van der Waals surface area contributed by atoms with Crippen LogP contribution in [0.15, 0.2) is 4.47 Å². The molecule has 1 saturated heterocycles. The summed E-state index contributed by atoms with van der Waals surface area (Å²) >= 11 is 5.36. The zero-order chi connectivity index (χ0) is 13.3. The van der Waals surface area contributed by atoms with E-state index in [9.17, 15) is 4.79 Å². The smallest absolute Gasteiger partial charge is 0.154 e. The molecule has 2 rings (SSSR count). The Bertz CT molecular complexity index is 464. The summed E-state index contributed by atoms with van der Waals surface area (Å²) in [5, 5.41) is 4.44. The van der Waals surface area contributed by atoms with Gasteiger partial charge in [0.1, 0.15) is 0 Å². The fourth-order valence-electron chi connectivity index (χ4n) is 2.38. The summed E-state index contributed by atoms with van der Waals surface area (Å²) in [6.07, 6.45) is 2.65. The van der Waals surface area contributed by atoms with Crippen molar-refractivity contribution in [2.24, 2.45) is 0 Å². The van der Waals surface area contributed by atoms with Gasteiger partial charge in [-0.05, 0) is 55.3 Å². The third kappa shape index (κ3) is 2.52. The van der Waals surface area contributed by atoms with Crippen molar-refractivity contribution >= 4 is 33.5 Å². The molecule has 1 aliphatic heterocycles. The fraction of sp³-hybridized carbons (Fsp3) is 0.692. The van der Waals surface area contributed by atoms with E-state index in [4.69, 9.17) is 0 Å². The van der Waals surface area contributed by atoms with Gasteiger partial charge in [0.25, 0.3) is 0 Å². The van der Waals surface area contributed by atoms with E-state index in [0.29, 0.717) is 12.2 Å². The van der Waals surface area contributed by atoms with Crippen molar-refractivity contribution in [3.63, 3.8) is 0 Å². The summed E-state index contributed by atoms with van der Waals surface area (Å²) in [7, 11) is 0. The standard InChI is InChI=1S/C13H19BrN2OS/c1-4-16-10(12(14)9(2)15-16)8-11(17)13(3)6-5-7-18-13/h4-8H2,1-3H3. The van der Waals surface area contributed by atoms with Crippen molar-refractivity contribution in [2.75, 3.05) is 5.75 Å². The topological polar surface area (TPSA) is 34.9 Å². The zero-order valence-corrected chi connectivity index (χ0v) is 13.5. The molecule has 1 aliphatic rings. The van der Waals surface area contributed by atoms with Gasteiger partial charge in [-0.25, -0.2) is 0 Å². The monoisotopic (exact) mass is 330 g/mol. The highest BCUT2D eigenvalue weighted by atomic mass is 79.9. The van der Waals surface area contributed by atoms with Gasteiger partial charge in [-0.2, -0.15) is 5.10 Å². The zero-order valence-electron chi connectivity index (χ0n) is 11.1. The van der Waals surface area contributed by atoms with Crippen LogP contribution in [0.3, 0.4) is 0 Å². The maximum Gasteiger partial charge on any atom is 0.154 e. The molecule has 3 nitrogen and oxygen atoms in total. The second-order valence-electron chi connectivity index (χ2n) is 4.94. The highest BCUT2D eigenvalue weighted by Crippen LogP contribution is 2.39. The number of Topliss-reactive ketones (excluding diaryl/α,β-unsaturated/α-hetero) is 1. The number of aromatic nitrogens is 2. The Labute approximate surface area is 121 Å². The van der Waals surface area contributed by atoms with Crippen LogP contribution in [-0.4, -0.2) is 26.1 Å². The van der Waals surface area contributed by atoms with E-state index in [2.05, 4.69) is 34.9 Å². The van der Waals surface area contributed by atoms with Crippen molar-refractivity contribution in [1.29, 1.82) is 0 Å². The molecule has 1 unspecified atom stereocenters. The normalized spacial score (nSPS) is 23.6. The second kappa shape index (κ2) is 5.37. The summed E-state index contributed by atoms with van der Waals surface area (Å²) in [5.41, 5.74) is 1.98. The Kier molecular flexibility index (Phi) is 4.22. The molecular weight excluding hydrogens is 312 g/mol. The Hall–Kier alpha value is -0.290. The van der Waals surface area contributed by atoms with E-state index < -0.39 is 0 Å². The van der Waals surface area contributed by atoms with Crippen LogP contribution in [0.5, 0.6) is 0 Å². The van der Waals surface area contributed by atoms with Crippen LogP contribution in [0.2, 0.25) is 0 Å². The first-order chi connectivity index (χ1) is 8.48. The molecule has 18 heavy (non-hydrogen) atoms. The first-order valence-corrected chi connectivity index (χ1v) is 8.15. The number of thioether (sulfide) groups is 1. The molecule has 0 N–H and O–H groups in total. The van der Waals surface area contributed by atoms with E-state index in [1.165, 1.54) is 0 Å². The average molecular weight is 331 g/mol. The minimum absolute atomic E-state index is 0.184. The number of ketones is 1. The van der Waals surface area contributed by atoms with Crippen LogP contribution in [0.4, 0.5) is 0 Å². The average Bonchev–Trinajstić information content (AvgIpc) is 2.89. The second-order valence-corrected chi connectivity index (χ2v) is 7.34. The molecule has 0 amide bonds. The lowest BCUT2D eigenvalue weighted by molar-refractivity contribution is -0.120. The first kappa shape index (κ1) is 14.1. The molecule has 0 bridgehead atoms. The third-order valence-corrected chi connectivity index (χ3v) is 6.18. The van der Waals surface area contributed by atoms with Crippen molar-refractivity contribution in [3.05, 3.63) is 15.9 Å². The molecule has 1 aromatic heterocycles. The fourth-order valence-corrected chi connectivity index (χ4v) is 4.06. The molecule has 1 fully saturated rings. The highest BCUT2D eigenvalue weighted by molar-refractivity contribution is 9.10. The number of halogens is 1. The van der Waals surface area contributed by atoms with Gasteiger partial charge in [-0.15, -0.1) is 11.8 Å². The highest BCUT2D eigenvalue weighted by Gasteiger charge is 2.37. The van der Waals surface area contributed by atoms with Gasteiger partial charge in [0.15, 0.2) is 5.78 Å². The SMILES string of the molecule is CCn1nc(C)c(Br)c1CC(=O)C1(C)CCCS1. The largest absolute Gasteiger partial charge is 0.298 e. The molecule has 1 atom stereocenters. The van der Waals surface area contributed by atoms with Crippen molar-refractivity contribution in [3.8, 4) is 0 Å². The van der Waals surface area contributed by atoms with Crippen LogP contribution >= 0.6 is 27.7 Å². The van der Waals surface area contributed by atoms with Gasteiger partial charge >= 0.3 is 0 Å². The van der Waals surface area contributed by atoms with Gasteiger partial charge in [-0.3, -0.25) is 9.48 Å². The van der Waals surface area contributed by atoms with Gasteiger partial charge in [0, 0.05) is 6.54 Å². The molecule has 0 aromatic carbocycles. The van der Waals surface area contributed by atoms with Crippen LogP contribution in [-0.2, 0) is 17.8 Å². The molecular formula is C13H19BrN2OS. The summed E-state index contributed by atoms with van der Waals surface area (Å²) < 4.78 is 2.74. The molecule has 0 saturated carbocycles. The lowest BCUT2D eigenvalue weighted by atomic mass is 9.97. The third-order valence-electron chi connectivity index (χ3n) is 3.59. The molecule has 0 radical (unpaired) electrons. The van der Waals surface area contributed by atoms with Crippen LogP contribution in [0, 0.1) is 6.92 Å². The molecule has 5 heteroatoms. The van der Waals surface area contributed by atoms with Crippen LogP contribution < -0.4 is 0 Å². The summed E-state index contributed by atoms with van der Waals surface area (Å²) in [5.74, 6) is 1.44. The Balaban J connectivity index is 2.21. The van der Waals surface area contributed by atoms with Crippen molar-refractivity contribution < 1.29 is 4.79 Å². The van der Waals surface area contributed by atoms with Crippen LogP contribution in [0.25, 0.3) is 0 Å². The Morgan fingerprint density at radius 1 is 1.61 bits per heavy atom. The van der Waals surface area contributed by atoms with Gasteiger partial charge in [0.2, 0.25) is 0 Å². The van der Waals surface area contributed by atoms with E-state index in [-0.39, 0.29) is 4.75 Å². The predicted octanol–water partition coefficient (Wildman–Crippen LogP) is 3.37. The van der Waals surface area contributed by atoms with Gasteiger partial charge in [-0.1, -0.05) is 0 Å². The lowest BCUT2D eigenvalue weighted by Crippen LogP contribution is -2.31. The van der Waals surface area contributed by atoms with Gasteiger partial charge in [0.05, 0.1) is 27.0 Å². The number of hydrogen-bond donors (Lipinski definition) is 0. The molecule has 1 aromatic rings. The minimum atomic E-state index is -0.184. The van der Waals surface area contributed by atoms with E-state index in [0.717, 1.165) is 41.0 Å². The van der Waals surface area contributed by atoms with Gasteiger partial charge < -0.3 is 0 Å². The molecule has 0 aliphatic carbocycles. The van der Waals surface area contributed by atoms with Crippen molar-refractivity contribution in [1.82, 2.24) is 9.78 Å². The molecule has 100 valence electrons. The number of rotatable bonds is 4. The van der Waals surface area contributed by atoms with Crippen LogP contribution in [0.1, 0.15) is 38.1 Å². The quantitative estimate of drug-likeness (QED) is 0.848. The van der Waals surface area contributed by atoms with Crippen molar-refractivity contribution in [2.45, 2.75) is 51.3 Å². The number of carbonyl (C=O) groups excluding carboxylic acids is 1. The molecule has 2 heterocycles. The van der Waals surface area contributed by atoms with E-state index in [1.807, 2.05) is 11.6 Å². The number of hydrogen-bond acceptors (Lipinski definition) is 3. The maximum absolute atomic E-state index is 12.5. The van der Waals surface area contributed by atoms with E-state index in [1.54, 1.807) is 11.8 Å². The number of carbonyl (C=O) groups is 1. The Morgan fingerprint density at radius 2 is 2.33 bits per heavy atom. The summed E-state index contributed by atoms with van der Waals surface area (Å²) in [6.45, 7) is 6.91. The maximum atomic E-state index is 12.5. The minimum Gasteiger partial charge on any atom is -0.298 e. The number of aryl methyl sites for hydroxylation is 2. The molecule has 0 spiro atoms. The Morgan fingerprint density at radius 3 is 2.89 bits per heavy atom. The predicted molar refractivity (Wildman–Crippen MR) is 79.1 cm³/mol. The summed E-state index contributed by atoms with van der Waals surface area (Å²) in [6, 6.07) is 0. The number of nitrogens with zero attached hydrogens (tertiary/aromatic N) is 2. The lowest BCUT2D eigenvalue weighted by Gasteiger charge is -2.21. The van der Waals surface area contributed by atoms with E-state index >= 15 is 0 Å². The first-order valence-electron chi connectivity index (χ1n) is 6.37. The summed E-state index contributed by atoms with van der Waals surface area (Å²) in [4.78, 5) is 12.5.